The fourth-order valence-electron chi connectivity index (χ4n) is 1.91. The second-order valence-corrected chi connectivity index (χ2v) is 4.47. The number of benzene rings is 1. The summed E-state index contributed by atoms with van der Waals surface area (Å²) in [5, 5.41) is 3.81. The van der Waals surface area contributed by atoms with Crippen LogP contribution in [0, 0.1) is 0 Å². The molecule has 0 aliphatic heterocycles. The summed E-state index contributed by atoms with van der Waals surface area (Å²) in [5.41, 5.74) is 11.0. The van der Waals surface area contributed by atoms with Gasteiger partial charge in [-0.3, -0.25) is 0 Å². The summed E-state index contributed by atoms with van der Waals surface area (Å²) in [7, 11) is 19.9. The zero-order chi connectivity index (χ0) is 14.3. The van der Waals surface area contributed by atoms with Gasteiger partial charge in [-0.05, 0) is 35.9 Å². The molecule has 1 aliphatic carbocycles. The minimum Gasteiger partial charge on any atom is -0.0859 e. The quantitative estimate of drug-likeness (QED) is 0.320. The fraction of sp³-hybridized carbons (Fsp3) is 0.400. The third-order valence-corrected chi connectivity index (χ3v) is 2.97. The predicted molar refractivity (Wildman–Crippen MR) is 85.8 cm³/mol. The molecule has 3 nitrogen and oxygen atoms in total. The molecule has 0 saturated heterocycles. The summed E-state index contributed by atoms with van der Waals surface area (Å²) in [6.45, 7) is 0. The Morgan fingerprint density at radius 3 is 2.37 bits per heavy atom. The van der Waals surface area contributed by atoms with E-state index in [0.29, 0.717) is 0 Å². The van der Waals surface area contributed by atoms with Gasteiger partial charge in [-0.25, -0.2) is 0 Å². The number of nitrogens with zero attached hydrogens (tertiary/aromatic N) is 3. The van der Waals surface area contributed by atoms with Crippen LogP contribution in [0.4, 0.5) is 0 Å². The van der Waals surface area contributed by atoms with Gasteiger partial charge in [0, 0.05) is 48.6 Å². The molecule has 9 heteroatoms. The van der Waals surface area contributed by atoms with E-state index >= 15 is 0 Å². The van der Waals surface area contributed by atoms with Crippen LogP contribution in [0.3, 0.4) is 0 Å². The molecule has 1 unspecified atom stereocenters. The van der Waals surface area contributed by atoms with Crippen molar-refractivity contribution in [2.75, 3.05) is 0 Å². The number of hydrogen-bond donors (Lipinski definition) is 0. The van der Waals surface area contributed by atoms with Crippen LogP contribution < -0.4 is 0 Å². The number of fused-ring (bicyclic) bond motifs is 1. The second kappa shape index (κ2) is 8.16. The zero-order valence-corrected chi connectivity index (χ0v) is 10.8. The van der Waals surface area contributed by atoms with Gasteiger partial charge >= 0.3 is 0 Å². The Bertz CT molecular complexity index is 441. The van der Waals surface area contributed by atoms with Gasteiger partial charge in [0.2, 0.25) is 0 Å². The van der Waals surface area contributed by atoms with E-state index in [1.807, 2.05) is 12.1 Å². The first-order chi connectivity index (χ1) is 9.06. The highest BCUT2D eigenvalue weighted by Gasteiger charge is 2.17. The summed E-state index contributed by atoms with van der Waals surface area (Å²) in [6.07, 6.45) is 2.05. The maximum Gasteiger partial charge on any atom is 0.0628 e. The molecule has 0 bridgehead atoms. The van der Waals surface area contributed by atoms with E-state index in [4.69, 9.17) is 36.5 Å². The van der Waals surface area contributed by atoms with E-state index in [-0.39, 0.29) is 6.04 Å². The zero-order valence-electron chi connectivity index (χ0n) is 10.8. The fourth-order valence-corrected chi connectivity index (χ4v) is 1.91. The lowest BCUT2D eigenvalue weighted by Crippen LogP contribution is -2.38. The van der Waals surface area contributed by atoms with Gasteiger partial charge in [-0.1, -0.05) is 29.4 Å². The summed E-state index contributed by atoms with van der Waals surface area (Å²) in [6, 6.07) is 8.29. The Kier molecular flexibility index (Phi) is 6.86. The highest BCUT2D eigenvalue weighted by atomic mass is 15.1. The van der Waals surface area contributed by atoms with Crippen molar-refractivity contribution in [2.45, 2.75) is 25.3 Å². The molecule has 0 spiro atoms. The first-order valence-electron chi connectivity index (χ1n) is 6.20. The minimum atomic E-state index is -0.593. The molecular formula is C10H11B6N3. The van der Waals surface area contributed by atoms with Crippen LogP contribution in [0.1, 0.15) is 30.0 Å². The first kappa shape index (κ1) is 16.0. The number of aryl methyl sites for hydroxylation is 1. The lowest BCUT2D eigenvalue weighted by Gasteiger charge is -2.21. The van der Waals surface area contributed by atoms with Gasteiger partial charge in [0.25, 0.3) is 0 Å². The smallest absolute Gasteiger partial charge is 0.0628 e. The SMILES string of the molecule is [B]B([B])B([B])[B].[N-]=[N+]=NC1CCCc2ccccc21. The van der Waals surface area contributed by atoms with Crippen molar-refractivity contribution >= 4 is 43.7 Å². The molecule has 0 amide bonds. The summed E-state index contributed by atoms with van der Waals surface area (Å²) < 4.78 is 0. The van der Waals surface area contributed by atoms with Crippen LogP contribution >= 0.6 is 0 Å². The van der Waals surface area contributed by atoms with Gasteiger partial charge in [-0.15, -0.1) is 0 Å². The molecule has 2 rings (SSSR count). The van der Waals surface area contributed by atoms with E-state index in [0.717, 1.165) is 19.3 Å². The molecule has 0 N–H and O–H groups in total. The molecule has 19 heavy (non-hydrogen) atoms. The molecule has 0 aromatic heterocycles. The lowest BCUT2D eigenvalue weighted by atomic mass is 8.81. The van der Waals surface area contributed by atoms with Crippen molar-refractivity contribution in [3.8, 4) is 0 Å². The van der Waals surface area contributed by atoms with Gasteiger partial charge in [0.05, 0.1) is 6.04 Å². The van der Waals surface area contributed by atoms with Crippen molar-refractivity contribution in [3.63, 3.8) is 0 Å². The Morgan fingerprint density at radius 1 is 1.16 bits per heavy atom. The average molecular weight is 238 g/mol. The second-order valence-electron chi connectivity index (χ2n) is 4.47. The Hall–Kier alpha value is -1.08. The molecular weight excluding hydrogens is 227 g/mol. The van der Waals surface area contributed by atoms with E-state index < -0.39 is 12.8 Å². The van der Waals surface area contributed by atoms with Gasteiger partial charge in [0.15, 0.2) is 0 Å². The predicted octanol–water partition coefficient (Wildman–Crippen LogP) is 1.09. The summed E-state index contributed by atoms with van der Waals surface area (Å²) in [5.74, 6) is 0. The maximum atomic E-state index is 8.40. The standard InChI is InChI=1S/C10H11N3.B6/c11-13-12-10-7-3-5-8-4-1-2-6-9(8)10;1-5(2)6(3)4/h1-2,4,6,10H,3,5,7H2;. The number of rotatable bonds is 2. The summed E-state index contributed by atoms with van der Waals surface area (Å²) >= 11 is 0. The topological polar surface area (TPSA) is 48.8 Å². The monoisotopic (exact) mass is 239 g/mol. The molecule has 1 atom stereocenters. The van der Waals surface area contributed by atoms with E-state index in [2.05, 4.69) is 22.2 Å². The molecule has 0 heterocycles. The highest BCUT2D eigenvalue weighted by molar-refractivity contribution is 7.76. The maximum absolute atomic E-state index is 8.40. The van der Waals surface area contributed by atoms with E-state index in [9.17, 15) is 0 Å². The third kappa shape index (κ3) is 5.20. The average Bonchev–Trinajstić information content (AvgIpc) is 2.40. The van der Waals surface area contributed by atoms with E-state index in [1.54, 1.807) is 0 Å². The van der Waals surface area contributed by atoms with E-state index in [1.165, 1.54) is 11.1 Å². The Labute approximate surface area is 120 Å². The molecule has 0 fully saturated rings. The van der Waals surface area contributed by atoms with Crippen LogP contribution in [0.5, 0.6) is 0 Å². The minimum absolute atomic E-state index is 0.0648. The van der Waals surface area contributed by atoms with Crippen LogP contribution in [0.2, 0.25) is 0 Å². The molecule has 8 radical (unpaired) electrons. The van der Waals surface area contributed by atoms with Crippen molar-refractivity contribution in [3.05, 3.63) is 45.8 Å². The van der Waals surface area contributed by atoms with Crippen LogP contribution in [-0.4, -0.2) is 43.7 Å². The Balaban J connectivity index is 0.000000258. The van der Waals surface area contributed by atoms with Crippen LogP contribution in [0.15, 0.2) is 29.4 Å². The van der Waals surface area contributed by atoms with Crippen LogP contribution in [0.25, 0.3) is 10.4 Å². The van der Waals surface area contributed by atoms with Crippen molar-refractivity contribution in [1.29, 1.82) is 0 Å². The largest absolute Gasteiger partial charge is 0.0859 e. The van der Waals surface area contributed by atoms with Gasteiger partial charge in [0.1, 0.15) is 0 Å². The molecule has 84 valence electrons. The molecule has 0 saturated carbocycles. The molecule has 1 aromatic rings. The molecule has 1 aromatic carbocycles. The van der Waals surface area contributed by atoms with Crippen molar-refractivity contribution in [2.24, 2.45) is 5.11 Å². The highest BCUT2D eigenvalue weighted by Crippen LogP contribution is 2.32. The van der Waals surface area contributed by atoms with Crippen LogP contribution in [-0.2, 0) is 6.42 Å². The Morgan fingerprint density at radius 2 is 1.79 bits per heavy atom. The summed E-state index contributed by atoms with van der Waals surface area (Å²) in [4.78, 5) is 2.88. The normalized spacial score (nSPS) is 16.1. The molecule has 1 aliphatic rings. The van der Waals surface area contributed by atoms with Gasteiger partial charge < -0.3 is 0 Å². The van der Waals surface area contributed by atoms with Crippen molar-refractivity contribution < 1.29 is 0 Å². The van der Waals surface area contributed by atoms with Gasteiger partial charge in [-0.2, -0.15) is 0 Å². The van der Waals surface area contributed by atoms with Crippen molar-refractivity contribution in [1.82, 2.24) is 0 Å². The first-order valence-corrected chi connectivity index (χ1v) is 6.20. The lowest BCUT2D eigenvalue weighted by molar-refractivity contribution is 0.568. The third-order valence-electron chi connectivity index (χ3n) is 2.97. The number of hydrogen-bond acceptors (Lipinski definition) is 1. The number of azide groups is 1.